The summed E-state index contributed by atoms with van der Waals surface area (Å²) in [6, 6.07) is 6.26. The summed E-state index contributed by atoms with van der Waals surface area (Å²) in [5.74, 6) is 0.683. The van der Waals surface area contributed by atoms with Crippen LogP contribution in [0.2, 0.25) is 0 Å². The summed E-state index contributed by atoms with van der Waals surface area (Å²) in [6.45, 7) is 12.7. The van der Waals surface area contributed by atoms with Crippen LogP contribution in [0.5, 0.6) is 5.75 Å². The number of hydrogen-bond acceptors (Lipinski definition) is 6. The Bertz CT molecular complexity index is 1050. The highest BCUT2D eigenvalue weighted by molar-refractivity contribution is 5.87. The summed E-state index contributed by atoms with van der Waals surface area (Å²) in [4.78, 5) is 19.9. The molecule has 2 aliphatic heterocycles. The van der Waals surface area contributed by atoms with Crippen LogP contribution < -0.4 is 9.64 Å². The Kier molecular flexibility index (Phi) is 7.17. The van der Waals surface area contributed by atoms with E-state index in [1.807, 2.05) is 26.8 Å². The predicted octanol–water partition coefficient (Wildman–Crippen LogP) is 4.99. The minimum Gasteiger partial charge on any atom is -0.493 e. The summed E-state index contributed by atoms with van der Waals surface area (Å²) in [6.07, 6.45) is 4.09. The summed E-state index contributed by atoms with van der Waals surface area (Å²) >= 11 is 0. The van der Waals surface area contributed by atoms with E-state index < -0.39 is 0 Å². The Morgan fingerprint density at radius 3 is 2.68 bits per heavy atom. The lowest BCUT2D eigenvalue weighted by atomic mass is 9.82. The van der Waals surface area contributed by atoms with Crippen LogP contribution >= 0.6 is 0 Å². The summed E-state index contributed by atoms with van der Waals surface area (Å²) in [5, 5.41) is 10.3. The quantitative estimate of drug-likeness (QED) is 0.605. The van der Waals surface area contributed by atoms with Crippen molar-refractivity contribution in [2.45, 2.75) is 79.4 Å². The molecule has 0 bridgehead atoms. The first-order valence-corrected chi connectivity index (χ1v) is 12.5. The Morgan fingerprint density at radius 2 is 2.00 bits per heavy atom. The number of aliphatic hydroxyl groups excluding tert-OH is 1. The van der Waals surface area contributed by atoms with Crippen LogP contribution in [0.25, 0.3) is 11.1 Å². The zero-order valence-corrected chi connectivity index (χ0v) is 21.2. The maximum atomic E-state index is 12.8. The number of carbonyl (C=O) groups is 1. The molecule has 1 saturated heterocycles. The van der Waals surface area contributed by atoms with Crippen molar-refractivity contribution in [3.05, 3.63) is 40.7 Å². The number of aliphatic hydroxyl groups is 1. The Hall–Kier alpha value is -2.60. The number of rotatable bonds is 6. The monoisotopic (exact) mass is 466 g/mol. The molecular weight excluding hydrogens is 428 g/mol. The number of pyridine rings is 1. The molecule has 184 valence electrons. The van der Waals surface area contributed by atoms with Crippen molar-refractivity contribution in [2.75, 3.05) is 24.6 Å². The molecule has 0 atom stereocenters. The number of esters is 1. The number of nitrogens with zero attached hydrogens (tertiary/aromatic N) is 2. The number of aromatic nitrogens is 1. The first-order chi connectivity index (χ1) is 16.2. The van der Waals surface area contributed by atoms with Crippen LogP contribution in [0, 0.1) is 12.3 Å². The first-order valence-electron chi connectivity index (χ1n) is 12.5. The lowest BCUT2D eigenvalue weighted by Gasteiger charge is -2.40. The van der Waals surface area contributed by atoms with Gasteiger partial charge >= 0.3 is 5.97 Å². The van der Waals surface area contributed by atoms with E-state index >= 15 is 0 Å². The van der Waals surface area contributed by atoms with E-state index in [0.29, 0.717) is 11.1 Å². The van der Waals surface area contributed by atoms with Gasteiger partial charge in [-0.2, -0.15) is 0 Å². The molecule has 0 unspecified atom stereocenters. The third-order valence-corrected chi connectivity index (χ3v) is 7.02. The number of ether oxygens (including phenoxy) is 2. The van der Waals surface area contributed by atoms with Crippen LogP contribution in [0.4, 0.5) is 5.69 Å². The highest BCUT2D eigenvalue weighted by Gasteiger charge is 2.31. The van der Waals surface area contributed by atoms with Crippen molar-refractivity contribution >= 4 is 11.7 Å². The third kappa shape index (κ3) is 5.22. The maximum absolute atomic E-state index is 12.8. The lowest BCUT2D eigenvalue weighted by molar-refractivity contribution is -0.146. The maximum Gasteiger partial charge on any atom is 0.310 e. The van der Waals surface area contributed by atoms with E-state index in [-0.39, 0.29) is 25.1 Å². The standard InChI is InChI=1S/C28H38N2O4/c1-18(2)34-25(32)16-22-19(3)29-23(17-31)26(27(22)30-12-10-28(4,5)11-13-30)21-8-9-24-20(15-21)7-6-14-33-24/h8-9,15,18,31H,6-7,10-14,16-17H2,1-5H3. The number of aryl methyl sites for hydroxylation is 2. The fraction of sp³-hybridized carbons (Fsp3) is 0.571. The molecule has 0 saturated carbocycles. The largest absolute Gasteiger partial charge is 0.493 e. The number of piperidine rings is 1. The number of anilines is 1. The average Bonchev–Trinajstić information content (AvgIpc) is 2.79. The molecule has 1 fully saturated rings. The highest BCUT2D eigenvalue weighted by atomic mass is 16.5. The molecule has 6 heteroatoms. The van der Waals surface area contributed by atoms with Gasteiger partial charge in [0.05, 0.1) is 37.1 Å². The number of benzene rings is 1. The highest BCUT2D eigenvalue weighted by Crippen LogP contribution is 2.43. The van der Waals surface area contributed by atoms with Gasteiger partial charge in [-0.1, -0.05) is 19.9 Å². The summed E-state index contributed by atoms with van der Waals surface area (Å²) < 4.78 is 11.3. The van der Waals surface area contributed by atoms with Crippen LogP contribution in [-0.2, 0) is 29.0 Å². The molecule has 0 amide bonds. The molecule has 1 aromatic carbocycles. The first kappa shape index (κ1) is 24.5. The van der Waals surface area contributed by atoms with Gasteiger partial charge in [0.15, 0.2) is 0 Å². The summed E-state index contributed by atoms with van der Waals surface area (Å²) in [5.41, 5.74) is 6.74. The molecule has 1 N–H and O–H groups in total. The fourth-order valence-electron chi connectivity index (χ4n) is 5.06. The average molecular weight is 467 g/mol. The zero-order chi connectivity index (χ0) is 24.5. The zero-order valence-electron chi connectivity index (χ0n) is 21.2. The van der Waals surface area contributed by atoms with Gasteiger partial charge in [0, 0.05) is 29.9 Å². The van der Waals surface area contributed by atoms with Gasteiger partial charge in [-0.05, 0) is 75.1 Å². The van der Waals surface area contributed by atoms with Gasteiger partial charge in [0.25, 0.3) is 0 Å². The van der Waals surface area contributed by atoms with Crippen molar-refractivity contribution in [1.29, 1.82) is 0 Å². The second-order valence-corrected chi connectivity index (χ2v) is 10.6. The van der Waals surface area contributed by atoms with Gasteiger partial charge in [-0.15, -0.1) is 0 Å². The number of fused-ring (bicyclic) bond motifs is 1. The molecule has 4 rings (SSSR count). The van der Waals surface area contributed by atoms with Gasteiger partial charge in [-0.3, -0.25) is 9.78 Å². The molecule has 34 heavy (non-hydrogen) atoms. The Balaban J connectivity index is 1.88. The van der Waals surface area contributed by atoms with E-state index in [2.05, 4.69) is 30.9 Å². The fourth-order valence-corrected chi connectivity index (χ4v) is 5.06. The van der Waals surface area contributed by atoms with E-state index in [9.17, 15) is 9.90 Å². The van der Waals surface area contributed by atoms with Gasteiger partial charge in [0.2, 0.25) is 0 Å². The predicted molar refractivity (Wildman–Crippen MR) is 134 cm³/mol. The Labute approximate surface area is 203 Å². The molecule has 0 radical (unpaired) electrons. The number of hydrogen-bond donors (Lipinski definition) is 1. The number of carbonyl (C=O) groups excluding carboxylic acids is 1. The van der Waals surface area contributed by atoms with Gasteiger partial charge in [0.1, 0.15) is 5.75 Å². The third-order valence-electron chi connectivity index (χ3n) is 7.02. The smallest absolute Gasteiger partial charge is 0.310 e. The molecule has 6 nitrogen and oxygen atoms in total. The van der Waals surface area contributed by atoms with E-state index in [1.54, 1.807) is 0 Å². The topological polar surface area (TPSA) is 71.9 Å². The minimum absolute atomic E-state index is 0.160. The van der Waals surface area contributed by atoms with Crippen molar-refractivity contribution in [3.63, 3.8) is 0 Å². The van der Waals surface area contributed by atoms with E-state index in [1.165, 1.54) is 5.56 Å². The second-order valence-electron chi connectivity index (χ2n) is 10.6. The van der Waals surface area contributed by atoms with Crippen molar-refractivity contribution in [2.24, 2.45) is 5.41 Å². The molecule has 2 aliphatic rings. The van der Waals surface area contributed by atoms with Gasteiger partial charge < -0.3 is 19.5 Å². The van der Waals surface area contributed by atoms with Gasteiger partial charge in [-0.25, -0.2) is 0 Å². The molecule has 1 aromatic heterocycles. The van der Waals surface area contributed by atoms with Crippen molar-refractivity contribution in [3.8, 4) is 16.9 Å². The molecule has 0 spiro atoms. The molecular formula is C28H38N2O4. The second kappa shape index (κ2) is 9.95. The van der Waals surface area contributed by atoms with Crippen LogP contribution in [0.1, 0.15) is 69.5 Å². The minimum atomic E-state index is -0.250. The Morgan fingerprint density at radius 1 is 1.26 bits per heavy atom. The lowest BCUT2D eigenvalue weighted by Crippen LogP contribution is -2.38. The van der Waals surface area contributed by atoms with Crippen molar-refractivity contribution in [1.82, 2.24) is 4.98 Å². The molecule has 2 aromatic rings. The van der Waals surface area contributed by atoms with Crippen LogP contribution in [0.15, 0.2) is 18.2 Å². The van der Waals surface area contributed by atoms with E-state index in [0.717, 1.165) is 79.2 Å². The van der Waals surface area contributed by atoms with Crippen LogP contribution in [0.3, 0.4) is 0 Å². The van der Waals surface area contributed by atoms with Crippen LogP contribution in [-0.4, -0.2) is 41.9 Å². The molecule has 3 heterocycles. The SMILES string of the molecule is Cc1nc(CO)c(-c2ccc3c(c2)CCCO3)c(N2CCC(C)(C)CC2)c1CC(=O)OC(C)C. The van der Waals surface area contributed by atoms with Crippen molar-refractivity contribution < 1.29 is 19.4 Å². The van der Waals surface area contributed by atoms with E-state index in [4.69, 9.17) is 14.5 Å². The summed E-state index contributed by atoms with van der Waals surface area (Å²) in [7, 11) is 0. The normalized spacial score (nSPS) is 17.3. The molecule has 0 aliphatic carbocycles.